The SMILES string of the molecule is CC(=O)c1ccn(CC(=O)C2CCC3C4CCC5CC(C)(O)CCC5C4CCC23C)n1. The number of hydrogen-bond donors (Lipinski definition) is 1. The number of fused-ring (bicyclic) bond motifs is 5. The molecule has 0 amide bonds. The van der Waals surface area contributed by atoms with Crippen LogP contribution in [0.3, 0.4) is 0 Å². The van der Waals surface area contributed by atoms with E-state index in [2.05, 4.69) is 12.0 Å². The highest BCUT2D eigenvalue weighted by atomic mass is 16.3. The fourth-order valence-corrected chi connectivity index (χ4v) is 8.52. The van der Waals surface area contributed by atoms with Crippen molar-refractivity contribution in [3.05, 3.63) is 18.0 Å². The first kappa shape index (κ1) is 21.4. The fraction of sp³-hybridized carbons (Fsp3) is 0.808. The molecule has 5 nitrogen and oxygen atoms in total. The summed E-state index contributed by atoms with van der Waals surface area (Å²) < 4.78 is 1.65. The second-order valence-electron chi connectivity index (χ2n) is 11.8. The van der Waals surface area contributed by atoms with Gasteiger partial charge in [-0.05, 0) is 106 Å². The van der Waals surface area contributed by atoms with Crippen molar-refractivity contribution in [1.29, 1.82) is 0 Å². The van der Waals surface area contributed by atoms with Gasteiger partial charge in [0.15, 0.2) is 11.6 Å². The molecule has 5 heteroatoms. The van der Waals surface area contributed by atoms with E-state index >= 15 is 0 Å². The lowest BCUT2D eigenvalue weighted by molar-refractivity contribution is -0.133. The molecule has 0 saturated heterocycles. The Morgan fingerprint density at radius 3 is 2.58 bits per heavy atom. The smallest absolute Gasteiger partial charge is 0.179 e. The molecule has 8 atom stereocenters. The van der Waals surface area contributed by atoms with Gasteiger partial charge in [-0.15, -0.1) is 0 Å². The van der Waals surface area contributed by atoms with E-state index in [0.29, 0.717) is 23.3 Å². The average molecular weight is 427 g/mol. The van der Waals surface area contributed by atoms with Crippen molar-refractivity contribution in [2.24, 2.45) is 40.9 Å². The van der Waals surface area contributed by atoms with Gasteiger partial charge in [0.1, 0.15) is 5.69 Å². The minimum absolute atomic E-state index is 0.0581. The molecular formula is C26H38N2O3. The van der Waals surface area contributed by atoms with Gasteiger partial charge in [0.25, 0.3) is 0 Å². The van der Waals surface area contributed by atoms with Crippen LogP contribution >= 0.6 is 0 Å². The van der Waals surface area contributed by atoms with Crippen LogP contribution in [0.25, 0.3) is 0 Å². The van der Waals surface area contributed by atoms with Gasteiger partial charge in [0.2, 0.25) is 0 Å². The quantitative estimate of drug-likeness (QED) is 0.710. The van der Waals surface area contributed by atoms with E-state index < -0.39 is 5.60 Å². The van der Waals surface area contributed by atoms with Gasteiger partial charge in [-0.2, -0.15) is 5.10 Å². The van der Waals surface area contributed by atoms with Crippen molar-refractivity contribution >= 4 is 11.6 Å². The molecule has 1 aromatic rings. The third kappa shape index (κ3) is 3.61. The Morgan fingerprint density at radius 2 is 1.84 bits per heavy atom. The third-order valence-corrected chi connectivity index (χ3v) is 9.94. The Bertz CT molecular complexity index is 874. The summed E-state index contributed by atoms with van der Waals surface area (Å²) in [5, 5.41) is 14.9. The highest BCUT2D eigenvalue weighted by Crippen LogP contribution is 2.64. The molecule has 170 valence electrons. The van der Waals surface area contributed by atoms with Gasteiger partial charge in [-0.25, -0.2) is 0 Å². The van der Waals surface area contributed by atoms with Gasteiger partial charge in [0, 0.05) is 19.0 Å². The van der Waals surface area contributed by atoms with Crippen LogP contribution in [0.4, 0.5) is 0 Å². The molecule has 4 saturated carbocycles. The minimum Gasteiger partial charge on any atom is -0.390 e. The predicted molar refractivity (Wildman–Crippen MR) is 118 cm³/mol. The van der Waals surface area contributed by atoms with E-state index in [0.717, 1.165) is 43.4 Å². The lowest BCUT2D eigenvalue weighted by Gasteiger charge is -2.56. The Balaban J connectivity index is 1.29. The van der Waals surface area contributed by atoms with Crippen molar-refractivity contribution in [2.45, 2.75) is 90.7 Å². The van der Waals surface area contributed by atoms with Crippen LogP contribution in [-0.4, -0.2) is 32.1 Å². The number of carbonyl (C=O) groups is 2. The first-order chi connectivity index (χ1) is 14.7. The van der Waals surface area contributed by atoms with Gasteiger partial charge in [-0.3, -0.25) is 14.3 Å². The van der Waals surface area contributed by atoms with Crippen molar-refractivity contribution < 1.29 is 14.7 Å². The molecule has 0 radical (unpaired) electrons. The Labute approximate surface area is 186 Å². The zero-order valence-corrected chi connectivity index (χ0v) is 19.3. The number of aliphatic hydroxyl groups is 1. The molecule has 4 fully saturated rings. The molecular weight excluding hydrogens is 388 g/mol. The van der Waals surface area contributed by atoms with Gasteiger partial charge < -0.3 is 5.11 Å². The summed E-state index contributed by atoms with van der Waals surface area (Å²) >= 11 is 0. The Morgan fingerprint density at radius 1 is 1.06 bits per heavy atom. The monoisotopic (exact) mass is 426 g/mol. The maximum Gasteiger partial charge on any atom is 0.179 e. The van der Waals surface area contributed by atoms with Gasteiger partial charge >= 0.3 is 0 Å². The molecule has 1 heterocycles. The molecule has 31 heavy (non-hydrogen) atoms. The van der Waals surface area contributed by atoms with Crippen molar-refractivity contribution in [2.75, 3.05) is 0 Å². The number of aromatic nitrogens is 2. The van der Waals surface area contributed by atoms with E-state index in [1.807, 2.05) is 6.92 Å². The summed E-state index contributed by atoms with van der Waals surface area (Å²) in [7, 11) is 0. The summed E-state index contributed by atoms with van der Waals surface area (Å²) in [5.74, 6) is 4.06. The number of ketones is 2. The molecule has 4 aliphatic carbocycles. The van der Waals surface area contributed by atoms with Crippen molar-refractivity contribution in [1.82, 2.24) is 9.78 Å². The Kier molecular flexibility index (Phi) is 5.19. The molecule has 0 bridgehead atoms. The van der Waals surface area contributed by atoms with Crippen LogP contribution in [0, 0.1) is 40.9 Å². The minimum atomic E-state index is -0.461. The summed E-state index contributed by atoms with van der Waals surface area (Å²) in [6.45, 7) is 6.22. The molecule has 1 N–H and O–H groups in total. The van der Waals surface area contributed by atoms with Crippen LogP contribution in [0.2, 0.25) is 0 Å². The largest absolute Gasteiger partial charge is 0.390 e. The molecule has 0 aliphatic heterocycles. The number of carbonyl (C=O) groups excluding carboxylic acids is 2. The van der Waals surface area contributed by atoms with E-state index in [-0.39, 0.29) is 23.7 Å². The van der Waals surface area contributed by atoms with E-state index in [9.17, 15) is 14.7 Å². The number of Topliss-reactive ketones (excluding diaryl/α,β-unsaturated/α-hetero) is 2. The summed E-state index contributed by atoms with van der Waals surface area (Å²) in [6, 6.07) is 1.71. The molecule has 8 unspecified atom stereocenters. The number of rotatable bonds is 4. The molecule has 5 rings (SSSR count). The third-order valence-electron chi connectivity index (χ3n) is 9.94. The maximum atomic E-state index is 13.3. The summed E-state index contributed by atoms with van der Waals surface area (Å²) in [4.78, 5) is 24.9. The second kappa shape index (κ2) is 7.54. The Hall–Kier alpha value is -1.49. The van der Waals surface area contributed by atoms with Crippen LogP contribution in [0.1, 0.15) is 89.0 Å². The first-order valence-corrected chi connectivity index (χ1v) is 12.5. The maximum absolute atomic E-state index is 13.3. The van der Waals surface area contributed by atoms with E-state index in [1.54, 1.807) is 16.9 Å². The lowest BCUT2D eigenvalue weighted by Crippen LogP contribution is -2.51. The van der Waals surface area contributed by atoms with Crippen LogP contribution in [0.15, 0.2) is 12.3 Å². The average Bonchev–Trinajstić information content (AvgIpc) is 3.31. The molecule has 4 aliphatic rings. The normalized spacial score (nSPS) is 44.3. The van der Waals surface area contributed by atoms with Crippen LogP contribution < -0.4 is 0 Å². The highest BCUT2D eigenvalue weighted by molar-refractivity contribution is 5.92. The topological polar surface area (TPSA) is 72.2 Å². The van der Waals surface area contributed by atoms with E-state index in [4.69, 9.17) is 0 Å². The zero-order chi connectivity index (χ0) is 22.0. The second-order valence-corrected chi connectivity index (χ2v) is 11.8. The summed E-state index contributed by atoms with van der Waals surface area (Å²) in [5.41, 5.74) is 0.0885. The van der Waals surface area contributed by atoms with Crippen LogP contribution in [0.5, 0.6) is 0 Å². The van der Waals surface area contributed by atoms with Crippen molar-refractivity contribution in [3.8, 4) is 0 Å². The van der Waals surface area contributed by atoms with Crippen LogP contribution in [-0.2, 0) is 11.3 Å². The van der Waals surface area contributed by atoms with E-state index in [1.165, 1.54) is 39.0 Å². The number of nitrogens with zero attached hydrogens (tertiary/aromatic N) is 2. The van der Waals surface area contributed by atoms with Gasteiger partial charge in [0.05, 0.1) is 12.1 Å². The highest BCUT2D eigenvalue weighted by Gasteiger charge is 2.58. The lowest BCUT2D eigenvalue weighted by atomic mass is 9.49. The molecule has 0 spiro atoms. The number of hydrogen-bond acceptors (Lipinski definition) is 4. The van der Waals surface area contributed by atoms with Crippen molar-refractivity contribution in [3.63, 3.8) is 0 Å². The predicted octanol–water partition coefficient (Wildman–Crippen LogP) is 4.67. The molecule has 1 aromatic heterocycles. The standard InChI is InChI=1S/C26H38N2O3/c1-16(29)23-10-13-28(27-23)15-24(30)22-7-6-21-20-5-4-17-14-25(2,31)11-8-18(17)19(20)9-12-26(21,22)3/h10,13,17-22,31H,4-9,11-12,14-15H2,1-3H3. The summed E-state index contributed by atoms with van der Waals surface area (Å²) in [6.07, 6.45) is 12.0. The zero-order valence-electron chi connectivity index (χ0n) is 19.3. The molecule has 0 aromatic carbocycles. The van der Waals surface area contributed by atoms with Gasteiger partial charge in [-0.1, -0.05) is 6.92 Å². The first-order valence-electron chi connectivity index (χ1n) is 12.5. The fourth-order valence-electron chi connectivity index (χ4n) is 8.52.